The molecular formula is C21H34F2O3. The molecule has 0 radical (unpaired) electrons. The lowest BCUT2D eigenvalue weighted by Gasteiger charge is -2.30. The first-order valence-electron chi connectivity index (χ1n) is 9.75. The number of unbranched alkanes of at least 4 members (excludes halogenated alkanes) is 6. The molecule has 5 heteroatoms. The van der Waals surface area contributed by atoms with Crippen LogP contribution in [0.5, 0.6) is 0 Å². The van der Waals surface area contributed by atoms with Crippen molar-refractivity contribution in [2.45, 2.75) is 77.1 Å². The van der Waals surface area contributed by atoms with E-state index in [0.717, 1.165) is 24.5 Å². The van der Waals surface area contributed by atoms with Crippen LogP contribution in [0.1, 0.15) is 70.3 Å². The first-order valence-corrected chi connectivity index (χ1v) is 9.75. The van der Waals surface area contributed by atoms with E-state index >= 15 is 0 Å². The average molecular weight is 372 g/mol. The van der Waals surface area contributed by atoms with Crippen molar-refractivity contribution < 1.29 is 23.0 Å². The third-order valence-electron chi connectivity index (χ3n) is 4.62. The molecule has 0 amide bonds. The molecule has 1 aromatic rings. The van der Waals surface area contributed by atoms with Crippen LogP contribution in [-0.4, -0.2) is 26.8 Å². The second-order valence-corrected chi connectivity index (χ2v) is 6.66. The summed E-state index contributed by atoms with van der Waals surface area (Å²) in [5, 5.41) is 0. The first kappa shape index (κ1) is 23.0. The Labute approximate surface area is 157 Å². The summed E-state index contributed by atoms with van der Waals surface area (Å²) in [6.45, 7) is 2.65. The molecule has 26 heavy (non-hydrogen) atoms. The van der Waals surface area contributed by atoms with E-state index in [1.165, 1.54) is 38.2 Å². The van der Waals surface area contributed by atoms with Gasteiger partial charge in [0.15, 0.2) is 11.6 Å². The van der Waals surface area contributed by atoms with Gasteiger partial charge in [-0.15, -0.1) is 0 Å². The van der Waals surface area contributed by atoms with Crippen LogP contribution in [0.3, 0.4) is 0 Å². The SMILES string of the molecule is CCCCCCCCCC(OC)(OC)OCCCc1ccc(F)c(F)c1. The van der Waals surface area contributed by atoms with Crippen molar-refractivity contribution in [1.82, 2.24) is 0 Å². The fraction of sp³-hybridized carbons (Fsp3) is 0.714. The Morgan fingerprint density at radius 3 is 2.12 bits per heavy atom. The molecule has 0 aliphatic carbocycles. The predicted octanol–water partition coefficient (Wildman–Crippen LogP) is 6.00. The van der Waals surface area contributed by atoms with E-state index in [1.807, 2.05) is 0 Å². The van der Waals surface area contributed by atoms with Crippen molar-refractivity contribution in [2.75, 3.05) is 20.8 Å². The molecule has 0 fully saturated rings. The minimum absolute atomic E-state index is 0.428. The minimum Gasteiger partial charge on any atom is -0.331 e. The predicted molar refractivity (Wildman–Crippen MR) is 100.0 cm³/mol. The summed E-state index contributed by atoms with van der Waals surface area (Å²) in [7, 11) is 3.17. The highest BCUT2D eigenvalue weighted by Crippen LogP contribution is 2.23. The largest absolute Gasteiger partial charge is 0.331 e. The Kier molecular flexibility index (Phi) is 11.7. The Bertz CT molecular complexity index is 490. The molecule has 0 atom stereocenters. The molecule has 0 saturated carbocycles. The fourth-order valence-electron chi connectivity index (χ4n) is 2.98. The third kappa shape index (κ3) is 8.56. The maximum absolute atomic E-state index is 13.2. The molecule has 0 bridgehead atoms. The smallest absolute Gasteiger partial charge is 0.282 e. The molecule has 0 unspecified atom stereocenters. The van der Waals surface area contributed by atoms with Gasteiger partial charge in [0, 0.05) is 20.6 Å². The number of hydrogen-bond acceptors (Lipinski definition) is 3. The van der Waals surface area contributed by atoms with Crippen LogP contribution in [0, 0.1) is 11.6 Å². The highest BCUT2D eigenvalue weighted by Gasteiger charge is 2.30. The van der Waals surface area contributed by atoms with Gasteiger partial charge < -0.3 is 14.2 Å². The molecule has 3 nitrogen and oxygen atoms in total. The summed E-state index contributed by atoms with van der Waals surface area (Å²) in [6.07, 6.45) is 10.4. The molecular weight excluding hydrogens is 338 g/mol. The number of aryl methyl sites for hydroxylation is 1. The van der Waals surface area contributed by atoms with Crippen LogP contribution in [0.2, 0.25) is 0 Å². The Morgan fingerprint density at radius 2 is 1.50 bits per heavy atom. The van der Waals surface area contributed by atoms with E-state index < -0.39 is 17.6 Å². The zero-order valence-electron chi connectivity index (χ0n) is 16.5. The van der Waals surface area contributed by atoms with Gasteiger partial charge >= 0.3 is 0 Å². The molecule has 150 valence electrons. The average Bonchev–Trinajstić information content (AvgIpc) is 2.65. The number of methoxy groups -OCH3 is 2. The second-order valence-electron chi connectivity index (χ2n) is 6.66. The standard InChI is InChI=1S/C21H34F2O3/c1-4-5-6-7-8-9-10-15-21(24-2,25-3)26-16-11-12-18-13-14-19(22)20(23)17-18/h13-14,17H,4-12,15-16H2,1-3H3. The van der Waals surface area contributed by atoms with Gasteiger partial charge in [-0.05, 0) is 37.0 Å². The number of benzene rings is 1. The lowest BCUT2D eigenvalue weighted by molar-refractivity contribution is -0.365. The molecule has 0 aromatic heterocycles. The van der Waals surface area contributed by atoms with Gasteiger partial charge in [-0.3, -0.25) is 0 Å². The van der Waals surface area contributed by atoms with Gasteiger partial charge in [-0.1, -0.05) is 51.5 Å². The molecule has 0 aliphatic rings. The lowest BCUT2D eigenvalue weighted by atomic mass is 10.1. The molecule has 0 spiro atoms. The number of ether oxygens (including phenoxy) is 3. The number of hydrogen-bond donors (Lipinski definition) is 0. The van der Waals surface area contributed by atoms with Gasteiger partial charge in [-0.2, -0.15) is 0 Å². The van der Waals surface area contributed by atoms with E-state index in [1.54, 1.807) is 20.3 Å². The summed E-state index contributed by atoms with van der Waals surface area (Å²) in [5.74, 6) is -2.65. The van der Waals surface area contributed by atoms with Crippen molar-refractivity contribution in [2.24, 2.45) is 0 Å². The molecule has 1 rings (SSSR count). The van der Waals surface area contributed by atoms with E-state index in [2.05, 4.69) is 6.92 Å². The maximum Gasteiger partial charge on any atom is 0.282 e. The quantitative estimate of drug-likeness (QED) is 0.279. The van der Waals surface area contributed by atoms with Crippen molar-refractivity contribution >= 4 is 0 Å². The first-order chi connectivity index (χ1) is 12.6. The monoisotopic (exact) mass is 372 g/mol. The number of halogens is 2. The second kappa shape index (κ2) is 13.2. The van der Waals surface area contributed by atoms with Gasteiger partial charge in [-0.25, -0.2) is 8.78 Å². The summed E-state index contributed by atoms with van der Waals surface area (Å²) >= 11 is 0. The highest BCUT2D eigenvalue weighted by molar-refractivity contribution is 5.17. The molecule has 0 saturated heterocycles. The van der Waals surface area contributed by atoms with Crippen LogP contribution >= 0.6 is 0 Å². The van der Waals surface area contributed by atoms with E-state index in [-0.39, 0.29) is 0 Å². The van der Waals surface area contributed by atoms with Crippen LogP contribution in [0.4, 0.5) is 8.78 Å². The van der Waals surface area contributed by atoms with Crippen molar-refractivity contribution in [3.8, 4) is 0 Å². The van der Waals surface area contributed by atoms with Gasteiger partial charge in [0.25, 0.3) is 5.97 Å². The van der Waals surface area contributed by atoms with Crippen molar-refractivity contribution in [3.63, 3.8) is 0 Å². The van der Waals surface area contributed by atoms with Crippen LogP contribution in [0.15, 0.2) is 18.2 Å². The normalized spacial score (nSPS) is 11.9. The lowest BCUT2D eigenvalue weighted by Crippen LogP contribution is -2.37. The Balaban J connectivity index is 2.28. The van der Waals surface area contributed by atoms with Crippen LogP contribution < -0.4 is 0 Å². The summed E-state index contributed by atoms with van der Waals surface area (Å²) in [5.41, 5.74) is 0.750. The molecule has 0 N–H and O–H groups in total. The van der Waals surface area contributed by atoms with Gasteiger partial charge in [0.1, 0.15) is 0 Å². The maximum atomic E-state index is 13.2. The van der Waals surface area contributed by atoms with E-state index in [9.17, 15) is 8.78 Å². The van der Waals surface area contributed by atoms with E-state index in [0.29, 0.717) is 25.9 Å². The summed E-state index contributed by atoms with van der Waals surface area (Å²) in [4.78, 5) is 0. The Hall–Kier alpha value is -1.04. The molecule has 0 heterocycles. The number of rotatable bonds is 15. The van der Waals surface area contributed by atoms with Gasteiger partial charge in [0.05, 0.1) is 6.61 Å². The molecule has 0 aliphatic heterocycles. The van der Waals surface area contributed by atoms with Crippen molar-refractivity contribution in [1.29, 1.82) is 0 Å². The highest BCUT2D eigenvalue weighted by atomic mass is 19.2. The van der Waals surface area contributed by atoms with Crippen LogP contribution in [-0.2, 0) is 20.6 Å². The molecule has 1 aromatic carbocycles. The van der Waals surface area contributed by atoms with Gasteiger partial charge in [0.2, 0.25) is 0 Å². The van der Waals surface area contributed by atoms with E-state index in [4.69, 9.17) is 14.2 Å². The van der Waals surface area contributed by atoms with Crippen molar-refractivity contribution in [3.05, 3.63) is 35.4 Å². The Morgan fingerprint density at radius 1 is 0.846 bits per heavy atom. The zero-order chi connectivity index (χ0) is 19.3. The summed E-state index contributed by atoms with van der Waals surface area (Å²) in [6, 6.07) is 3.98. The zero-order valence-corrected chi connectivity index (χ0v) is 16.5. The fourth-order valence-corrected chi connectivity index (χ4v) is 2.98. The minimum atomic E-state index is -1.02. The summed E-state index contributed by atoms with van der Waals surface area (Å²) < 4.78 is 42.9. The van der Waals surface area contributed by atoms with Crippen LogP contribution in [0.25, 0.3) is 0 Å². The third-order valence-corrected chi connectivity index (χ3v) is 4.62. The topological polar surface area (TPSA) is 27.7 Å².